The summed E-state index contributed by atoms with van der Waals surface area (Å²) in [6, 6.07) is 15.2. The van der Waals surface area contributed by atoms with Crippen LogP contribution >= 0.6 is 0 Å². The van der Waals surface area contributed by atoms with Gasteiger partial charge in [-0.05, 0) is 42.2 Å². The molecule has 0 saturated heterocycles. The van der Waals surface area contributed by atoms with Gasteiger partial charge in [-0.25, -0.2) is 0 Å². The van der Waals surface area contributed by atoms with Crippen LogP contribution in [0.2, 0.25) is 0 Å². The largest absolute Gasteiger partial charge is 0.455 e. The lowest BCUT2D eigenvalue weighted by Gasteiger charge is -2.12. The second-order valence-corrected chi connectivity index (χ2v) is 4.81. The zero-order valence-corrected chi connectivity index (χ0v) is 11.8. The number of hydrogen-bond acceptors (Lipinski definition) is 3. The molecule has 3 heteroatoms. The Morgan fingerprint density at radius 2 is 1.90 bits per heavy atom. The van der Waals surface area contributed by atoms with Crippen LogP contribution in [0.25, 0.3) is 0 Å². The molecule has 1 atom stereocenters. The summed E-state index contributed by atoms with van der Waals surface area (Å²) in [5, 5.41) is 8.95. The van der Waals surface area contributed by atoms with Gasteiger partial charge in [0, 0.05) is 0 Å². The predicted octanol–water partition coefficient (Wildman–Crippen LogP) is 4.45. The van der Waals surface area contributed by atoms with Crippen molar-refractivity contribution in [3.8, 4) is 17.6 Å². The van der Waals surface area contributed by atoms with Gasteiger partial charge in [-0.2, -0.15) is 5.26 Å². The molecule has 2 N–H and O–H groups in total. The van der Waals surface area contributed by atoms with Crippen molar-refractivity contribution in [3.05, 3.63) is 53.6 Å². The molecular formula is C17H18N2O. The number of nitrogens with zero attached hydrogens (tertiary/aromatic N) is 1. The van der Waals surface area contributed by atoms with Gasteiger partial charge >= 0.3 is 0 Å². The third-order valence-electron chi connectivity index (χ3n) is 3.48. The Morgan fingerprint density at radius 1 is 1.20 bits per heavy atom. The van der Waals surface area contributed by atoms with Gasteiger partial charge in [-0.3, -0.25) is 0 Å². The summed E-state index contributed by atoms with van der Waals surface area (Å²) in [7, 11) is 0. The SMILES string of the molecule is CCC(C)c1ccc(Oc2cccc(C#N)c2N)cc1. The number of benzene rings is 2. The fraction of sp³-hybridized carbons (Fsp3) is 0.235. The second-order valence-electron chi connectivity index (χ2n) is 4.81. The molecule has 0 amide bonds. The standard InChI is InChI=1S/C17H18N2O/c1-3-12(2)13-7-9-15(10-8-13)20-16-6-4-5-14(11-18)17(16)19/h4-10,12H,3,19H2,1-2H3. The van der Waals surface area contributed by atoms with Crippen molar-refractivity contribution in [2.45, 2.75) is 26.2 Å². The second kappa shape index (κ2) is 6.12. The van der Waals surface area contributed by atoms with Crippen LogP contribution in [0.1, 0.15) is 37.3 Å². The van der Waals surface area contributed by atoms with Crippen LogP contribution in [-0.2, 0) is 0 Å². The Kier molecular flexibility index (Phi) is 4.27. The van der Waals surface area contributed by atoms with Crippen LogP contribution in [0.5, 0.6) is 11.5 Å². The molecule has 0 heterocycles. The van der Waals surface area contributed by atoms with Crippen LogP contribution in [-0.4, -0.2) is 0 Å². The Morgan fingerprint density at radius 3 is 2.50 bits per heavy atom. The quantitative estimate of drug-likeness (QED) is 0.832. The molecule has 0 aromatic heterocycles. The molecule has 0 radical (unpaired) electrons. The number of para-hydroxylation sites is 1. The van der Waals surface area contributed by atoms with Crippen molar-refractivity contribution >= 4 is 5.69 Å². The number of hydrogen-bond donors (Lipinski definition) is 1. The Hall–Kier alpha value is -2.47. The first-order valence-corrected chi connectivity index (χ1v) is 6.72. The van der Waals surface area contributed by atoms with Gasteiger partial charge in [0.05, 0.1) is 11.3 Å². The maximum absolute atomic E-state index is 8.95. The Bertz CT molecular complexity index is 626. The van der Waals surface area contributed by atoms with E-state index >= 15 is 0 Å². The van der Waals surface area contributed by atoms with E-state index in [1.54, 1.807) is 18.2 Å². The fourth-order valence-electron chi connectivity index (χ4n) is 1.96. The minimum absolute atomic E-state index is 0.376. The van der Waals surface area contributed by atoms with Gasteiger partial charge in [0.1, 0.15) is 11.8 Å². The minimum atomic E-state index is 0.376. The molecule has 2 aromatic rings. The lowest BCUT2D eigenvalue weighted by atomic mass is 9.99. The van der Waals surface area contributed by atoms with E-state index in [0.717, 1.165) is 12.2 Å². The van der Waals surface area contributed by atoms with Gasteiger partial charge < -0.3 is 10.5 Å². The molecule has 0 spiro atoms. The first-order valence-electron chi connectivity index (χ1n) is 6.72. The molecule has 0 aliphatic heterocycles. The summed E-state index contributed by atoms with van der Waals surface area (Å²) >= 11 is 0. The number of anilines is 1. The minimum Gasteiger partial charge on any atom is -0.455 e. The van der Waals surface area contributed by atoms with Crippen molar-refractivity contribution in [1.29, 1.82) is 5.26 Å². The topological polar surface area (TPSA) is 59.0 Å². The normalized spacial score (nSPS) is 11.7. The molecule has 1 unspecified atom stereocenters. The maximum Gasteiger partial charge on any atom is 0.151 e. The van der Waals surface area contributed by atoms with Crippen molar-refractivity contribution in [2.75, 3.05) is 5.73 Å². The third kappa shape index (κ3) is 2.92. The van der Waals surface area contributed by atoms with Crippen LogP contribution in [0.15, 0.2) is 42.5 Å². The highest BCUT2D eigenvalue weighted by Gasteiger charge is 2.07. The number of rotatable bonds is 4. The first-order chi connectivity index (χ1) is 9.65. The Balaban J connectivity index is 2.21. The first kappa shape index (κ1) is 14.0. The number of nitrogens with two attached hydrogens (primary N) is 1. The number of nitrogen functional groups attached to an aromatic ring is 1. The molecule has 0 aliphatic rings. The molecule has 102 valence electrons. The van der Waals surface area contributed by atoms with Crippen LogP contribution < -0.4 is 10.5 Å². The van der Waals surface area contributed by atoms with Crippen molar-refractivity contribution in [1.82, 2.24) is 0 Å². The summed E-state index contributed by atoms with van der Waals surface area (Å²) in [6.45, 7) is 4.37. The van der Waals surface area contributed by atoms with E-state index in [0.29, 0.717) is 22.9 Å². The van der Waals surface area contributed by atoms with Crippen LogP contribution in [0.3, 0.4) is 0 Å². The fourth-order valence-corrected chi connectivity index (χ4v) is 1.96. The molecule has 0 saturated carbocycles. The van der Waals surface area contributed by atoms with E-state index in [1.165, 1.54) is 5.56 Å². The predicted molar refractivity (Wildman–Crippen MR) is 80.8 cm³/mol. The summed E-state index contributed by atoms with van der Waals surface area (Å²) < 4.78 is 5.74. The summed E-state index contributed by atoms with van der Waals surface area (Å²) in [5.41, 5.74) is 7.99. The van der Waals surface area contributed by atoms with Crippen molar-refractivity contribution < 1.29 is 4.74 Å². The van der Waals surface area contributed by atoms with Gasteiger partial charge in [-0.1, -0.05) is 32.0 Å². The highest BCUT2D eigenvalue weighted by Crippen LogP contribution is 2.30. The number of ether oxygens (including phenoxy) is 1. The van der Waals surface area contributed by atoms with Gasteiger partial charge in [-0.15, -0.1) is 0 Å². The molecule has 0 fully saturated rings. The zero-order valence-electron chi connectivity index (χ0n) is 11.8. The van der Waals surface area contributed by atoms with E-state index in [9.17, 15) is 0 Å². The number of nitriles is 1. The zero-order chi connectivity index (χ0) is 14.5. The average Bonchev–Trinajstić information content (AvgIpc) is 2.49. The summed E-state index contributed by atoms with van der Waals surface area (Å²) in [6.07, 6.45) is 1.11. The van der Waals surface area contributed by atoms with Crippen molar-refractivity contribution in [2.24, 2.45) is 0 Å². The molecule has 20 heavy (non-hydrogen) atoms. The summed E-state index contributed by atoms with van der Waals surface area (Å²) in [4.78, 5) is 0. The molecule has 2 rings (SSSR count). The smallest absolute Gasteiger partial charge is 0.151 e. The van der Waals surface area contributed by atoms with Gasteiger partial charge in [0.25, 0.3) is 0 Å². The van der Waals surface area contributed by atoms with Crippen LogP contribution in [0, 0.1) is 11.3 Å². The monoisotopic (exact) mass is 266 g/mol. The van der Waals surface area contributed by atoms with Gasteiger partial charge in [0.2, 0.25) is 0 Å². The van der Waals surface area contributed by atoms with E-state index in [-0.39, 0.29) is 0 Å². The lowest BCUT2D eigenvalue weighted by molar-refractivity contribution is 0.484. The van der Waals surface area contributed by atoms with Crippen molar-refractivity contribution in [3.63, 3.8) is 0 Å². The molecular weight excluding hydrogens is 248 g/mol. The van der Waals surface area contributed by atoms with Gasteiger partial charge in [0.15, 0.2) is 5.75 Å². The Labute approximate surface area is 119 Å². The van der Waals surface area contributed by atoms with E-state index in [2.05, 4.69) is 26.0 Å². The van der Waals surface area contributed by atoms with Crippen LogP contribution in [0.4, 0.5) is 5.69 Å². The summed E-state index contributed by atoms with van der Waals surface area (Å²) in [5.74, 6) is 1.77. The third-order valence-corrected chi connectivity index (χ3v) is 3.48. The molecule has 2 aromatic carbocycles. The molecule has 0 aliphatic carbocycles. The maximum atomic E-state index is 8.95. The van der Waals surface area contributed by atoms with E-state index in [4.69, 9.17) is 15.7 Å². The lowest BCUT2D eigenvalue weighted by Crippen LogP contribution is -1.96. The highest BCUT2D eigenvalue weighted by molar-refractivity contribution is 5.63. The van der Waals surface area contributed by atoms with E-state index < -0.39 is 0 Å². The highest BCUT2D eigenvalue weighted by atomic mass is 16.5. The molecule has 0 bridgehead atoms. The van der Waals surface area contributed by atoms with E-state index in [1.807, 2.05) is 18.2 Å². The average molecular weight is 266 g/mol. The molecule has 3 nitrogen and oxygen atoms in total.